The molecule has 1 heterocycles. The molecule has 0 unspecified atom stereocenters. The summed E-state index contributed by atoms with van der Waals surface area (Å²) < 4.78 is 38.7. The Hall–Kier alpha value is -3.00. The Kier molecular flexibility index (Phi) is 5.33. The summed E-state index contributed by atoms with van der Waals surface area (Å²) in [4.78, 5) is 12.2. The molecule has 0 aromatic heterocycles. The molecule has 1 aliphatic rings. The number of anilines is 1. The van der Waals surface area contributed by atoms with Crippen LogP contribution < -0.4 is 19.1 Å². The van der Waals surface area contributed by atoms with E-state index in [1.54, 1.807) is 19.1 Å². The number of rotatable bonds is 5. The van der Waals surface area contributed by atoms with Crippen molar-refractivity contribution >= 4 is 27.2 Å². The van der Waals surface area contributed by atoms with Gasteiger partial charge in [0.05, 0.1) is 26.5 Å². The standard InChI is InChI=1S/C20H22N2O5S/c1-13-15-10-17(26-3)18(27-4)11-16(15)22(12-14-8-6-5-7-9-14)28(24,25)19(13)20(23)21-2/h5-11H,12H2,1-4H3,(H,21,23). The van der Waals surface area contributed by atoms with E-state index in [1.165, 1.54) is 25.6 Å². The van der Waals surface area contributed by atoms with Gasteiger partial charge in [0, 0.05) is 18.7 Å². The molecule has 0 bridgehead atoms. The summed E-state index contributed by atoms with van der Waals surface area (Å²) in [6.07, 6.45) is 0. The molecule has 0 aliphatic carbocycles. The fraction of sp³-hybridized carbons (Fsp3) is 0.250. The number of benzene rings is 2. The number of nitrogens with one attached hydrogen (secondary N) is 1. The second-order valence-corrected chi connectivity index (χ2v) is 8.05. The van der Waals surface area contributed by atoms with Crippen LogP contribution in [-0.2, 0) is 21.4 Å². The second kappa shape index (κ2) is 7.55. The summed E-state index contributed by atoms with van der Waals surface area (Å²) in [7, 11) is 0.322. The summed E-state index contributed by atoms with van der Waals surface area (Å²) in [5.41, 5.74) is 2.19. The molecule has 8 heteroatoms. The molecule has 1 amide bonds. The zero-order valence-corrected chi connectivity index (χ0v) is 17.0. The Balaban J connectivity index is 2.30. The van der Waals surface area contributed by atoms with Crippen molar-refractivity contribution in [3.8, 4) is 11.5 Å². The quantitative estimate of drug-likeness (QED) is 0.831. The van der Waals surface area contributed by atoms with E-state index in [-0.39, 0.29) is 11.4 Å². The number of nitrogens with zero attached hydrogens (tertiary/aromatic N) is 1. The van der Waals surface area contributed by atoms with Gasteiger partial charge in [-0.1, -0.05) is 30.3 Å². The first kappa shape index (κ1) is 19.8. The van der Waals surface area contributed by atoms with Gasteiger partial charge in [0.2, 0.25) is 0 Å². The molecule has 1 aliphatic heterocycles. The van der Waals surface area contributed by atoms with Crippen molar-refractivity contribution in [1.82, 2.24) is 5.32 Å². The van der Waals surface area contributed by atoms with E-state index in [4.69, 9.17) is 9.47 Å². The summed E-state index contributed by atoms with van der Waals surface area (Å²) in [6.45, 7) is 1.70. The van der Waals surface area contributed by atoms with Crippen LogP contribution in [0.1, 0.15) is 18.1 Å². The molecule has 148 valence electrons. The lowest BCUT2D eigenvalue weighted by Gasteiger charge is -2.33. The van der Waals surface area contributed by atoms with E-state index < -0.39 is 15.9 Å². The van der Waals surface area contributed by atoms with E-state index in [9.17, 15) is 13.2 Å². The molecule has 2 aromatic rings. The van der Waals surface area contributed by atoms with Gasteiger partial charge in [0.15, 0.2) is 16.4 Å². The molecule has 0 atom stereocenters. The van der Waals surface area contributed by atoms with Gasteiger partial charge < -0.3 is 14.8 Å². The lowest BCUT2D eigenvalue weighted by atomic mass is 10.0. The van der Waals surface area contributed by atoms with Gasteiger partial charge in [-0.3, -0.25) is 9.10 Å². The minimum absolute atomic E-state index is 0.0828. The molecular weight excluding hydrogens is 380 g/mol. The monoisotopic (exact) mass is 402 g/mol. The number of fused-ring (bicyclic) bond motifs is 1. The van der Waals surface area contributed by atoms with Crippen molar-refractivity contribution < 1.29 is 22.7 Å². The number of likely N-dealkylation sites (N-methyl/N-ethyl adjacent to an activating group) is 1. The zero-order valence-electron chi connectivity index (χ0n) is 16.1. The largest absolute Gasteiger partial charge is 0.493 e. The molecule has 0 saturated carbocycles. The number of carbonyl (C=O) groups is 1. The summed E-state index contributed by atoms with van der Waals surface area (Å²) in [5.74, 6) is 0.206. The number of carbonyl (C=O) groups excluding carboxylic acids is 1. The van der Waals surface area contributed by atoms with Crippen LogP contribution in [0.2, 0.25) is 0 Å². The van der Waals surface area contributed by atoms with E-state index in [1.807, 2.05) is 30.3 Å². The smallest absolute Gasteiger partial charge is 0.270 e. The van der Waals surface area contributed by atoms with Crippen molar-refractivity contribution in [1.29, 1.82) is 0 Å². The number of sulfonamides is 1. The first-order valence-electron chi connectivity index (χ1n) is 8.61. The Bertz CT molecular complexity index is 1050. The average molecular weight is 402 g/mol. The van der Waals surface area contributed by atoms with Gasteiger partial charge in [0.1, 0.15) is 0 Å². The maximum atomic E-state index is 13.4. The molecule has 3 rings (SSSR count). The summed E-state index contributed by atoms with van der Waals surface area (Å²) >= 11 is 0. The van der Waals surface area contributed by atoms with Crippen molar-refractivity contribution in [2.45, 2.75) is 13.5 Å². The number of ether oxygens (including phenoxy) is 2. The highest BCUT2D eigenvalue weighted by atomic mass is 32.2. The maximum Gasteiger partial charge on any atom is 0.270 e. The number of methoxy groups -OCH3 is 2. The Morgan fingerprint density at radius 3 is 2.25 bits per heavy atom. The first-order valence-corrected chi connectivity index (χ1v) is 10.0. The Labute approximate surface area is 164 Å². The topological polar surface area (TPSA) is 84.9 Å². The first-order chi connectivity index (χ1) is 13.3. The van der Waals surface area contributed by atoms with Crippen LogP contribution in [0.4, 0.5) is 5.69 Å². The third kappa shape index (κ3) is 3.20. The average Bonchev–Trinajstić information content (AvgIpc) is 2.70. The van der Waals surface area contributed by atoms with Gasteiger partial charge in [-0.25, -0.2) is 8.42 Å². The highest BCUT2D eigenvalue weighted by molar-refractivity contribution is 7.97. The van der Waals surface area contributed by atoms with Crippen LogP contribution in [0.5, 0.6) is 11.5 Å². The van der Waals surface area contributed by atoms with Crippen LogP contribution in [0, 0.1) is 0 Å². The lowest BCUT2D eigenvalue weighted by Crippen LogP contribution is -2.40. The maximum absolute atomic E-state index is 13.4. The molecular formula is C20H22N2O5S. The molecule has 1 N–H and O–H groups in total. The molecule has 0 fully saturated rings. The van der Waals surface area contributed by atoms with Crippen LogP contribution in [-0.4, -0.2) is 35.6 Å². The van der Waals surface area contributed by atoms with Gasteiger partial charge in [-0.05, 0) is 24.1 Å². The van der Waals surface area contributed by atoms with Gasteiger partial charge in [0.25, 0.3) is 15.9 Å². The molecule has 7 nitrogen and oxygen atoms in total. The number of hydrogen-bond donors (Lipinski definition) is 1. The van der Waals surface area contributed by atoms with Crippen LogP contribution >= 0.6 is 0 Å². The minimum atomic E-state index is -4.08. The highest BCUT2D eigenvalue weighted by Crippen LogP contribution is 2.45. The minimum Gasteiger partial charge on any atom is -0.493 e. The number of hydrogen-bond acceptors (Lipinski definition) is 5. The molecule has 0 radical (unpaired) electrons. The molecule has 2 aromatic carbocycles. The van der Waals surface area contributed by atoms with Crippen LogP contribution in [0.25, 0.3) is 5.57 Å². The van der Waals surface area contributed by atoms with E-state index in [2.05, 4.69) is 5.32 Å². The number of allylic oxidation sites excluding steroid dienone is 1. The summed E-state index contributed by atoms with van der Waals surface area (Å²) in [5, 5.41) is 2.43. The van der Waals surface area contributed by atoms with Gasteiger partial charge in [-0.2, -0.15) is 0 Å². The normalized spacial score (nSPS) is 15.1. The lowest BCUT2D eigenvalue weighted by molar-refractivity contribution is -0.116. The Morgan fingerprint density at radius 2 is 1.68 bits per heavy atom. The Morgan fingerprint density at radius 1 is 1.07 bits per heavy atom. The van der Waals surface area contributed by atoms with E-state index in [0.29, 0.717) is 28.3 Å². The zero-order chi connectivity index (χ0) is 20.5. The van der Waals surface area contributed by atoms with Crippen LogP contribution in [0.3, 0.4) is 0 Å². The highest BCUT2D eigenvalue weighted by Gasteiger charge is 2.40. The van der Waals surface area contributed by atoms with E-state index in [0.717, 1.165) is 5.56 Å². The van der Waals surface area contributed by atoms with Gasteiger partial charge >= 0.3 is 0 Å². The molecule has 0 saturated heterocycles. The molecule has 28 heavy (non-hydrogen) atoms. The fourth-order valence-electron chi connectivity index (χ4n) is 3.25. The summed E-state index contributed by atoms with van der Waals surface area (Å²) in [6, 6.07) is 12.5. The van der Waals surface area contributed by atoms with Crippen molar-refractivity contribution in [2.24, 2.45) is 0 Å². The van der Waals surface area contributed by atoms with Gasteiger partial charge in [-0.15, -0.1) is 0 Å². The van der Waals surface area contributed by atoms with Crippen molar-refractivity contribution in [2.75, 3.05) is 25.6 Å². The van der Waals surface area contributed by atoms with Crippen molar-refractivity contribution in [3.63, 3.8) is 0 Å². The molecule has 0 spiro atoms. The predicted molar refractivity (Wildman–Crippen MR) is 108 cm³/mol. The predicted octanol–water partition coefficient (Wildman–Crippen LogP) is 2.53. The second-order valence-electron chi connectivity index (χ2n) is 6.25. The number of amides is 1. The third-order valence-corrected chi connectivity index (χ3v) is 6.58. The SMILES string of the molecule is CNC(=O)C1=C(C)c2cc(OC)c(OC)cc2N(Cc2ccccc2)S1(=O)=O. The van der Waals surface area contributed by atoms with Crippen molar-refractivity contribution in [3.05, 3.63) is 58.5 Å². The van der Waals surface area contributed by atoms with Crippen LogP contribution in [0.15, 0.2) is 47.4 Å². The third-order valence-electron chi connectivity index (χ3n) is 4.67. The fourth-order valence-corrected chi connectivity index (χ4v) is 5.03. The van der Waals surface area contributed by atoms with E-state index >= 15 is 0 Å².